The lowest BCUT2D eigenvalue weighted by Gasteiger charge is -2.32. The predicted molar refractivity (Wildman–Crippen MR) is 179 cm³/mol. The Labute approximate surface area is 283 Å². The number of nitrogens with one attached hydrogen (secondary N) is 1. The molecule has 3 aromatic carbocycles. The molecule has 4 aromatic rings. The molecule has 0 spiro atoms. The van der Waals surface area contributed by atoms with Crippen LogP contribution < -0.4 is 16.0 Å². The minimum atomic E-state index is -4.44. The molecule has 3 amide bonds. The van der Waals surface area contributed by atoms with Crippen molar-refractivity contribution < 1.29 is 39.9 Å². The quantitative estimate of drug-likeness (QED) is 0.222. The number of carbonyl (C=O) groups excluding carboxylic acids is 4. The maximum Gasteiger partial charge on any atom is 0.416 e. The molecule has 49 heavy (non-hydrogen) atoms. The van der Waals surface area contributed by atoms with Crippen LogP contribution in [0.2, 0.25) is 0 Å². The maximum atomic E-state index is 13.2. The number of amides is 3. The molecule has 0 unspecified atom stereocenters. The number of methoxy groups -OCH3 is 1. The van der Waals surface area contributed by atoms with E-state index in [9.17, 15) is 32.3 Å². The lowest BCUT2D eigenvalue weighted by molar-refractivity contribution is -0.138. The number of para-hydroxylation sites is 1. The number of esters is 1. The Morgan fingerprint density at radius 3 is 2.35 bits per heavy atom. The molecule has 3 N–H and O–H groups in total. The molecule has 258 valence electrons. The summed E-state index contributed by atoms with van der Waals surface area (Å²) in [5.41, 5.74) is 8.57. The summed E-state index contributed by atoms with van der Waals surface area (Å²) in [7, 11) is 1.32. The number of fused-ring (bicyclic) bond motifs is 1. The molecule has 10 nitrogen and oxygen atoms in total. The topological polar surface area (TPSA) is 137 Å². The number of ether oxygens (including phenoxy) is 1. The Kier molecular flexibility index (Phi) is 10.3. The van der Waals surface area contributed by atoms with Gasteiger partial charge in [-0.15, -0.1) is 0 Å². The van der Waals surface area contributed by atoms with Crippen molar-refractivity contribution >= 4 is 29.5 Å². The number of alkyl halides is 3. The average molecular weight is 678 g/mol. The summed E-state index contributed by atoms with van der Waals surface area (Å²) in [6, 6.07) is 21.7. The first-order valence-electron chi connectivity index (χ1n) is 15.5. The van der Waals surface area contributed by atoms with Crippen LogP contribution in [0, 0.1) is 0 Å². The zero-order chi connectivity index (χ0) is 35.3. The van der Waals surface area contributed by atoms with Gasteiger partial charge in [0, 0.05) is 50.6 Å². The second-order valence-electron chi connectivity index (χ2n) is 11.4. The first kappa shape index (κ1) is 34.6. The minimum absolute atomic E-state index is 0. The van der Waals surface area contributed by atoms with Crippen molar-refractivity contribution in [1.29, 1.82) is 0 Å². The van der Waals surface area contributed by atoms with Gasteiger partial charge in [0.1, 0.15) is 5.82 Å². The highest BCUT2D eigenvalue weighted by atomic mass is 19.4. The number of hydrogen-bond donors (Lipinski definition) is 2. The maximum absolute atomic E-state index is 13.2. The molecule has 6 rings (SSSR count). The Bertz CT molecular complexity index is 1930. The van der Waals surface area contributed by atoms with Gasteiger partial charge in [0.15, 0.2) is 0 Å². The number of primary amides is 1. The van der Waals surface area contributed by atoms with Crippen LogP contribution in [0.15, 0.2) is 96.2 Å². The van der Waals surface area contributed by atoms with E-state index in [1.54, 1.807) is 4.90 Å². The fourth-order valence-electron chi connectivity index (χ4n) is 5.80. The summed E-state index contributed by atoms with van der Waals surface area (Å²) in [5.74, 6) is -0.836. The number of hydrogen-bond acceptors (Lipinski definition) is 6. The largest absolute Gasteiger partial charge is 0.466 e. The van der Waals surface area contributed by atoms with Crippen LogP contribution in [-0.2, 0) is 31.8 Å². The summed E-state index contributed by atoms with van der Waals surface area (Å²) >= 11 is 0. The molecule has 1 atom stereocenters. The highest BCUT2D eigenvalue weighted by Gasteiger charge is 2.36. The van der Waals surface area contributed by atoms with Crippen molar-refractivity contribution in [2.45, 2.75) is 44.8 Å². The van der Waals surface area contributed by atoms with Gasteiger partial charge in [-0.2, -0.15) is 18.3 Å². The third-order valence-electron chi connectivity index (χ3n) is 8.38. The second-order valence-corrected chi connectivity index (χ2v) is 11.4. The summed E-state index contributed by atoms with van der Waals surface area (Å²) in [4.78, 5) is 49.9. The van der Waals surface area contributed by atoms with E-state index in [0.29, 0.717) is 43.5 Å². The first-order valence-corrected chi connectivity index (χ1v) is 15.5. The Hall–Kier alpha value is -5.72. The standard InChI is InChI=1S/C28H28N4O4.C8H6F3NO.2H2/c1-3-31-25(33)15-23(24-17-30-32(27(24)31)20-10-5-4-6-11-20)19-9-7-8-18(14-19)16-29-26(34)21-12-13-22(21)28(35)36-2;9-8(10,11)6-3-1-2-5(4-6)7(12)13;;/h4-11,14,17,23H,3,12-13,15-16H2,1-2H3,(H,29,34);1-4H,(H2,12,13);2*1H/t23-;;;/m0.../s1. The van der Waals surface area contributed by atoms with Crippen molar-refractivity contribution in [2.24, 2.45) is 5.73 Å². The van der Waals surface area contributed by atoms with Crippen molar-refractivity contribution in [3.05, 3.63) is 124 Å². The first-order chi connectivity index (χ1) is 23.4. The van der Waals surface area contributed by atoms with Crippen LogP contribution >= 0.6 is 0 Å². The van der Waals surface area contributed by atoms with Crippen LogP contribution in [0.5, 0.6) is 0 Å². The molecule has 1 aliphatic carbocycles. The summed E-state index contributed by atoms with van der Waals surface area (Å²) in [6.45, 7) is 2.85. The van der Waals surface area contributed by atoms with E-state index in [1.165, 1.54) is 13.2 Å². The van der Waals surface area contributed by atoms with Crippen molar-refractivity contribution in [1.82, 2.24) is 15.1 Å². The zero-order valence-corrected chi connectivity index (χ0v) is 26.8. The second kappa shape index (κ2) is 14.6. The molecular formula is C36H38F3N5O5. The van der Waals surface area contributed by atoms with E-state index < -0.39 is 23.6 Å². The SMILES string of the molecule is CCN1C(=O)C[C@@H](c2cccc(CNC(=O)C3=C(C(=O)OC)CC3)c2)c2cnn(-c3ccccc3)c21.NC(=O)c1cccc(C(F)(F)F)c1.[HH].[HH]. The van der Waals surface area contributed by atoms with Crippen LogP contribution in [-0.4, -0.2) is 47.1 Å². The molecule has 2 heterocycles. The number of aromatic nitrogens is 2. The number of nitrogens with two attached hydrogens (primary N) is 1. The van der Waals surface area contributed by atoms with Crippen LogP contribution in [0.25, 0.3) is 5.69 Å². The van der Waals surface area contributed by atoms with Crippen LogP contribution in [0.4, 0.5) is 19.0 Å². The van der Waals surface area contributed by atoms with Gasteiger partial charge in [0.25, 0.3) is 0 Å². The van der Waals surface area contributed by atoms with Gasteiger partial charge in [-0.05, 0) is 61.2 Å². The number of benzene rings is 3. The van der Waals surface area contributed by atoms with Gasteiger partial charge in [-0.1, -0.05) is 48.5 Å². The molecular weight excluding hydrogens is 639 g/mol. The van der Waals surface area contributed by atoms with E-state index in [1.807, 2.05) is 72.4 Å². The average Bonchev–Trinajstić information content (AvgIpc) is 3.52. The van der Waals surface area contributed by atoms with E-state index in [0.717, 1.165) is 46.4 Å². The molecule has 0 saturated heterocycles. The Balaban J connectivity index is 0.000000399. The third-order valence-corrected chi connectivity index (χ3v) is 8.38. The Morgan fingerprint density at radius 2 is 1.71 bits per heavy atom. The molecule has 2 aliphatic rings. The van der Waals surface area contributed by atoms with Crippen molar-refractivity contribution in [3.8, 4) is 5.69 Å². The molecule has 0 bridgehead atoms. The number of rotatable bonds is 8. The molecule has 1 aromatic heterocycles. The normalized spacial score (nSPS) is 15.4. The number of nitrogens with zero attached hydrogens (tertiary/aromatic N) is 3. The molecule has 0 fully saturated rings. The van der Waals surface area contributed by atoms with Gasteiger partial charge in [0.05, 0.1) is 24.6 Å². The fraction of sp³-hybridized carbons (Fsp3) is 0.250. The molecule has 1 aliphatic heterocycles. The van der Waals surface area contributed by atoms with E-state index in [4.69, 9.17) is 10.5 Å². The number of halogens is 3. The molecule has 0 radical (unpaired) electrons. The van der Waals surface area contributed by atoms with E-state index >= 15 is 0 Å². The van der Waals surface area contributed by atoms with E-state index in [2.05, 4.69) is 10.4 Å². The summed E-state index contributed by atoms with van der Waals surface area (Å²) in [5, 5.41) is 7.56. The molecule has 0 saturated carbocycles. The Morgan fingerprint density at radius 1 is 1.00 bits per heavy atom. The predicted octanol–water partition coefficient (Wildman–Crippen LogP) is 5.94. The third kappa shape index (κ3) is 7.56. The lowest BCUT2D eigenvalue weighted by atomic mass is 9.85. The lowest BCUT2D eigenvalue weighted by Crippen LogP contribution is -2.37. The van der Waals surface area contributed by atoms with E-state index in [-0.39, 0.29) is 26.1 Å². The van der Waals surface area contributed by atoms with Crippen LogP contribution in [0.1, 0.15) is 67.6 Å². The van der Waals surface area contributed by atoms with Crippen molar-refractivity contribution in [2.75, 3.05) is 18.6 Å². The highest BCUT2D eigenvalue weighted by Crippen LogP contribution is 2.41. The minimum Gasteiger partial charge on any atom is -0.466 e. The molecule has 13 heteroatoms. The van der Waals surface area contributed by atoms with Gasteiger partial charge < -0.3 is 15.8 Å². The van der Waals surface area contributed by atoms with Gasteiger partial charge >= 0.3 is 12.1 Å². The van der Waals surface area contributed by atoms with Crippen LogP contribution in [0.3, 0.4) is 0 Å². The van der Waals surface area contributed by atoms with Gasteiger partial charge in [-0.25, -0.2) is 9.48 Å². The number of carbonyl (C=O) groups is 4. The van der Waals surface area contributed by atoms with Gasteiger partial charge in [-0.3, -0.25) is 19.3 Å². The van der Waals surface area contributed by atoms with Crippen molar-refractivity contribution in [3.63, 3.8) is 0 Å². The summed E-state index contributed by atoms with van der Waals surface area (Å²) < 4.78 is 42.8. The monoisotopic (exact) mass is 677 g/mol. The zero-order valence-electron chi connectivity index (χ0n) is 26.8. The number of anilines is 1. The summed E-state index contributed by atoms with van der Waals surface area (Å²) in [6.07, 6.45) is -1.09. The highest BCUT2D eigenvalue weighted by molar-refractivity contribution is 6.05. The fourth-order valence-corrected chi connectivity index (χ4v) is 5.80. The smallest absolute Gasteiger partial charge is 0.416 e. The van der Waals surface area contributed by atoms with Gasteiger partial charge in [0.2, 0.25) is 17.7 Å².